The minimum atomic E-state index is -0.881. The van der Waals surface area contributed by atoms with E-state index in [9.17, 15) is 19.5 Å². The molecule has 0 radical (unpaired) electrons. The molecule has 8 nitrogen and oxygen atoms in total. The van der Waals surface area contributed by atoms with Crippen molar-refractivity contribution in [1.29, 1.82) is 0 Å². The molecule has 0 aromatic carbocycles. The molecule has 0 saturated carbocycles. The molecule has 318 valence electrons. The Hall–Kier alpha value is -2.71. The van der Waals surface area contributed by atoms with Gasteiger partial charge in [-0.15, -0.1) is 0 Å². The van der Waals surface area contributed by atoms with Crippen LogP contribution < -0.4 is 0 Å². The summed E-state index contributed by atoms with van der Waals surface area (Å²) in [7, 11) is 5.51. The first-order valence-corrected chi connectivity index (χ1v) is 22.2. The summed E-state index contributed by atoms with van der Waals surface area (Å²) in [5.74, 6) is -1.54. The van der Waals surface area contributed by atoms with E-state index in [2.05, 4.69) is 56.4 Å². The van der Waals surface area contributed by atoms with Crippen molar-refractivity contribution in [2.75, 3.05) is 41.0 Å². The van der Waals surface area contributed by atoms with Crippen molar-refractivity contribution in [2.24, 2.45) is 0 Å². The highest BCUT2D eigenvalue weighted by Gasteiger charge is 2.31. The first-order valence-electron chi connectivity index (χ1n) is 22.2. The van der Waals surface area contributed by atoms with Crippen LogP contribution in [0.5, 0.6) is 0 Å². The molecular weight excluding hydrogens is 691 g/mol. The van der Waals surface area contributed by atoms with Crippen LogP contribution in [-0.2, 0) is 28.6 Å². The molecule has 55 heavy (non-hydrogen) atoms. The third-order valence-electron chi connectivity index (χ3n) is 9.73. The number of unbranched alkanes of at least 4 members (excludes halogenated alkanes) is 17. The minimum Gasteiger partial charge on any atom is -0.477 e. The van der Waals surface area contributed by atoms with Gasteiger partial charge >= 0.3 is 17.9 Å². The molecule has 2 atom stereocenters. The first kappa shape index (κ1) is 52.3. The lowest BCUT2D eigenvalue weighted by Crippen LogP contribution is -2.50. The summed E-state index contributed by atoms with van der Waals surface area (Å²) in [6, 6.07) is -0.618. The zero-order chi connectivity index (χ0) is 40.7. The molecule has 0 aromatic rings. The maximum absolute atomic E-state index is 12.6. The van der Waals surface area contributed by atoms with Crippen LogP contribution in [0.3, 0.4) is 0 Å². The number of carbonyl (C=O) groups excluding carboxylic acids is 2. The molecule has 0 spiro atoms. The summed E-state index contributed by atoms with van der Waals surface area (Å²) >= 11 is 0. The third-order valence-corrected chi connectivity index (χ3v) is 9.73. The fraction of sp³-hybridized carbons (Fsp3) is 0.766. The van der Waals surface area contributed by atoms with Gasteiger partial charge < -0.3 is 23.8 Å². The highest BCUT2D eigenvalue weighted by atomic mass is 16.6. The third kappa shape index (κ3) is 36.7. The maximum Gasteiger partial charge on any atom is 0.362 e. The van der Waals surface area contributed by atoms with E-state index in [0.29, 0.717) is 19.3 Å². The average Bonchev–Trinajstić information content (AvgIpc) is 3.14. The standard InChI is InChI=1S/C47H83NO7/c1-6-8-10-12-14-16-17-18-19-20-21-22-23-24-25-26-27-28-29-30-32-33-35-37-45(49)54-42-43(41-53-40-39-44(47(51)52)48(3,4)5)55-46(50)38-36-34-31-15-13-11-9-7-2/h8,10,14,16,18-19,31,34,43-44H,6-7,9,11-13,15,17,20-30,32-33,35-42H2,1-5H3/p+1/b10-8+,16-14+,19-18+,34-31+. The molecule has 2 unspecified atom stereocenters. The van der Waals surface area contributed by atoms with E-state index in [1.165, 1.54) is 89.9 Å². The van der Waals surface area contributed by atoms with Crippen molar-refractivity contribution in [2.45, 2.75) is 193 Å². The van der Waals surface area contributed by atoms with E-state index in [0.717, 1.165) is 51.4 Å². The van der Waals surface area contributed by atoms with E-state index < -0.39 is 18.1 Å². The van der Waals surface area contributed by atoms with Crippen LogP contribution in [0.4, 0.5) is 0 Å². The molecule has 8 heteroatoms. The summed E-state index contributed by atoms with van der Waals surface area (Å²) in [6.07, 6.45) is 44.7. The predicted octanol–water partition coefficient (Wildman–Crippen LogP) is 12.0. The summed E-state index contributed by atoms with van der Waals surface area (Å²) in [5.41, 5.74) is 0. The highest BCUT2D eigenvalue weighted by Crippen LogP contribution is 2.15. The number of carbonyl (C=O) groups is 3. The predicted molar refractivity (Wildman–Crippen MR) is 229 cm³/mol. The molecule has 0 bridgehead atoms. The molecule has 0 saturated heterocycles. The monoisotopic (exact) mass is 775 g/mol. The van der Waals surface area contributed by atoms with Gasteiger partial charge in [0.2, 0.25) is 0 Å². The second-order valence-electron chi connectivity index (χ2n) is 15.9. The maximum atomic E-state index is 12.6. The number of hydrogen-bond acceptors (Lipinski definition) is 6. The largest absolute Gasteiger partial charge is 0.477 e. The van der Waals surface area contributed by atoms with Crippen molar-refractivity contribution >= 4 is 17.9 Å². The van der Waals surface area contributed by atoms with Crippen molar-refractivity contribution in [1.82, 2.24) is 0 Å². The van der Waals surface area contributed by atoms with Crippen LogP contribution in [0, 0.1) is 0 Å². The summed E-state index contributed by atoms with van der Waals surface area (Å²) in [4.78, 5) is 36.8. The molecule has 0 heterocycles. The second kappa shape index (κ2) is 38.2. The zero-order valence-electron chi connectivity index (χ0n) is 36.1. The molecule has 0 fully saturated rings. The number of nitrogens with zero attached hydrogens (tertiary/aromatic N) is 1. The first-order chi connectivity index (χ1) is 26.6. The van der Waals surface area contributed by atoms with Crippen LogP contribution in [-0.4, -0.2) is 80.6 Å². The summed E-state index contributed by atoms with van der Waals surface area (Å²) < 4.78 is 17.2. The molecular formula is C47H84NO7+. The highest BCUT2D eigenvalue weighted by molar-refractivity contribution is 5.72. The number of esters is 2. The van der Waals surface area contributed by atoms with Gasteiger partial charge in [-0.3, -0.25) is 9.59 Å². The van der Waals surface area contributed by atoms with Gasteiger partial charge in [0.1, 0.15) is 6.61 Å². The fourth-order valence-electron chi connectivity index (χ4n) is 6.30. The minimum absolute atomic E-state index is 0.0456. The van der Waals surface area contributed by atoms with E-state index in [-0.39, 0.29) is 42.7 Å². The van der Waals surface area contributed by atoms with E-state index in [4.69, 9.17) is 14.2 Å². The number of aliphatic carboxylic acids is 1. The van der Waals surface area contributed by atoms with Gasteiger partial charge in [0.25, 0.3) is 0 Å². The van der Waals surface area contributed by atoms with Crippen molar-refractivity contribution in [3.63, 3.8) is 0 Å². The number of rotatable bonds is 39. The SMILES string of the molecule is CC/C=C/C/C=C/C/C=C/CCCCCCCCCCCCCCCC(=O)OCC(COCCC(C(=O)O)[N+](C)(C)C)OC(=O)CC/C=C/CCCCCC. The molecule has 0 rings (SSSR count). The van der Waals surface area contributed by atoms with Gasteiger partial charge in [-0.05, 0) is 57.8 Å². The Morgan fingerprint density at radius 3 is 1.60 bits per heavy atom. The van der Waals surface area contributed by atoms with E-state index in [1.54, 1.807) is 0 Å². The zero-order valence-corrected chi connectivity index (χ0v) is 36.1. The Labute approximate surface area is 337 Å². The van der Waals surface area contributed by atoms with Crippen LogP contribution in [0.1, 0.15) is 181 Å². The Bertz CT molecular complexity index is 1040. The van der Waals surface area contributed by atoms with Crippen LogP contribution in [0.15, 0.2) is 48.6 Å². The number of carboxylic acids is 1. The summed E-state index contributed by atoms with van der Waals surface area (Å²) in [6.45, 7) is 4.54. The van der Waals surface area contributed by atoms with Crippen LogP contribution in [0.25, 0.3) is 0 Å². The number of ether oxygens (including phenoxy) is 3. The Balaban J connectivity index is 4.14. The van der Waals surface area contributed by atoms with Crippen molar-refractivity contribution in [3.8, 4) is 0 Å². The summed E-state index contributed by atoms with van der Waals surface area (Å²) in [5, 5.41) is 9.59. The quantitative estimate of drug-likeness (QED) is 0.0287. The van der Waals surface area contributed by atoms with Crippen LogP contribution in [0.2, 0.25) is 0 Å². The number of carboxylic acid groups (broad SMARTS) is 1. The van der Waals surface area contributed by atoms with Gasteiger partial charge in [-0.2, -0.15) is 0 Å². The van der Waals surface area contributed by atoms with Crippen LogP contribution >= 0.6 is 0 Å². The Morgan fingerprint density at radius 1 is 0.564 bits per heavy atom. The van der Waals surface area contributed by atoms with Gasteiger partial charge in [-0.25, -0.2) is 4.79 Å². The second-order valence-corrected chi connectivity index (χ2v) is 15.9. The number of hydrogen-bond donors (Lipinski definition) is 1. The van der Waals surface area contributed by atoms with Gasteiger partial charge in [0.15, 0.2) is 12.1 Å². The van der Waals surface area contributed by atoms with Crippen molar-refractivity contribution < 1.29 is 38.2 Å². The topological polar surface area (TPSA) is 99.1 Å². The Kier molecular flexibility index (Phi) is 36.3. The number of allylic oxidation sites excluding steroid dienone is 8. The molecule has 0 aliphatic rings. The van der Waals surface area contributed by atoms with E-state index in [1.807, 2.05) is 27.2 Å². The molecule has 1 N–H and O–H groups in total. The van der Waals surface area contributed by atoms with Gasteiger partial charge in [0, 0.05) is 19.3 Å². The fourth-order valence-corrected chi connectivity index (χ4v) is 6.30. The molecule has 0 amide bonds. The van der Waals surface area contributed by atoms with Crippen molar-refractivity contribution in [3.05, 3.63) is 48.6 Å². The lowest BCUT2D eigenvalue weighted by atomic mass is 10.0. The smallest absolute Gasteiger partial charge is 0.362 e. The molecule has 0 aromatic heterocycles. The number of quaternary nitrogens is 1. The lowest BCUT2D eigenvalue weighted by molar-refractivity contribution is -0.887. The lowest BCUT2D eigenvalue weighted by Gasteiger charge is -2.31. The van der Waals surface area contributed by atoms with E-state index >= 15 is 0 Å². The normalized spacial score (nSPS) is 13.4. The van der Waals surface area contributed by atoms with Gasteiger partial charge in [-0.1, -0.05) is 152 Å². The van der Waals surface area contributed by atoms with Gasteiger partial charge in [0.05, 0.1) is 34.4 Å². The molecule has 0 aliphatic heterocycles. The number of likely N-dealkylation sites (N-methyl/N-ethyl adjacent to an activating group) is 1. The Morgan fingerprint density at radius 2 is 1.05 bits per heavy atom. The molecule has 0 aliphatic carbocycles. The average molecular weight is 775 g/mol.